The zero-order valence-electron chi connectivity index (χ0n) is 6.47. The van der Waals surface area contributed by atoms with Crippen molar-refractivity contribution in [1.82, 2.24) is 0 Å². The van der Waals surface area contributed by atoms with Gasteiger partial charge >= 0.3 is 0 Å². The molecule has 1 aliphatic heterocycles. The van der Waals surface area contributed by atoms with Crippen LogP contribution in [0.2, 0.25) is 0 Å². The SMILES string of the molecule is Nc1ccccc1N1COC=N1. The van der Waals surface area contributed by atoms with Crippen LogP contribution in [0.4, 0.5) is 11.4 Å². The molecule has 2 rings (SSSR count). The van der Waals surface area contributed by atoms with Crippen LogP contribution in [-0.4, -0.2) is 13.1 Å². The lowest BCUT2D eigenvalue weighted by atomic mass is 10.3. The third-order valence-corrected chi connectivity index (χ3v) is 1.67. The van der Waals surface area contributed by atoms with E-state index in [4.69, 9.17) is 10.5 Å². The highest BCUT2D eigenvalue weighted by atomic mass is 16.5. The minimum absolute atomic E-state index is 0.439. The molecular weight excluding hydrogens is 154 g/mol. The fourth-order valence-corrected chi connectivity index (χ4v) is 1.08. The molecule has 1 aliphatic rings. The Bertz CT molecular complexity index is 311. The van der Waals surface area contributed by atoms with Crippen molar-refractivity contribution >= 4 is 17.8 Å². The molecular formula is C8H9N3O. The molecule has 1 aromatic rings. The fraction of sp³-hybridized carbons (Fsp3) is 0.125. The number of para-hydroxylation sites is 2. The van der Waals surface area contributed by atoms with Gasteiger partial charge in [-0.1, -0.05) is 12.1 Å². The van der Waals surface area contributed by atoms with Gasteiger partial charge in [0.15, 0.2) is 13.1 Å². The van der Waals surface area contributed by atoms with Gasteiger partial charge in [0.05, 0.1) is 11.4 Å². The molecule has 0 aromatic heterocycles. The van der Waals surface area contributed by atoms with E-state index < -0.39 is 0 Å². The molecule has 12 heavy (non-hydrogen) atoms. The molecule has 62 valence electrons. The summed E-state index contributed by atoms with van der Waals surface area (Å²) in [7, 11) is 0. The van der Waals surface area contributed by atoms with Crippen LogP contribution in [0.1, 0.15) is 0 Å². The largest absolute Gasteiger partial charge is 0.459 e. The van der Waals surface area contributed by atoms with Crippen molar-refractivity contribution < 1.29 is 4.74 Å². The summed E-state index contributed by atoms with van der Waals surface area (Å²) in [5.41, 5.74) is 7.32. The van der Waals surface area contributed by atoms with E-state index in [2.05, 4.69) is 5.10 Å². The first-order valence-corrected chi connectivity index (χ1v) is 3.64. The number of nitrogens with zero attached hydrogens (tertiary/aromatic N) is 2. The normalized spacial score (nSPS) is 14.8. The zero-order chi connectivity index (χ0) is 8.39. The second-order valence-corrected chi connectivity index (χ2v) is 2.47. The van der Waals surface area contributed by atoms with E-state index >= 15 is 0 Å². The maximum Gasteiger partial charge on any atom is 0.195 e. The summed E-state index contributed by atoms with van der Waals surface area (Å²) in [5.74, 6) is 0. The van der Waals surface area contributed by atoms with E-state index in [-0.39, 0.29) is 0 Å². The molecule has 0 atom stereocenters. The summed E-state index contributed by atoms with van der Waals surface area (Å²) in [6.45, 7) is 0.439. The van der Waals surface area contributed by atoms with Crippen molar-refractivity contribution in [3.8, 4) is 0 Å². The van der Waals surface area contributed by atoms with Gasteiger partial charge < -0.3 is 10.5 Å². The summed E-state index contributed by atoms with van der Waals surface area (Å²) in [6.07, 6.45) is 1.41. The second kappa shape index (κ2) is 2.73. The smallest absolute Gasteiger partial charge is 0.195 e. The molecule has 1 heterocycles. The van der Waals surface area contributed by atoms with Crippen molar-refractivity contribution in [2.24, 2.45) is 5.10 Å². The lowest BCUT2D eigenvalue weighted by molar-refractivity contribution is 0.350. The van der Waals surface area contributed by atoms with E-state index in [1.54, 1.807) is 5.01 Å². The number of nitrogens with two attached hydrogens (primary N) is 1. The Hall–Kier alpha value is -1.71. The topological polar surface area (TPSA) is 50.8 Å². The Morgan fingerprint density at radius 1 is 1.42 bits per heavy atom. The van der Waals surface area contributed by atoms with Crippen molar-refractivity contribution in [1.29, 1.82) is 0 Å². The molecule has 4 nitrogen and oxygen atoms in total. The number of benzene rings is 1. The van der Waals surface area contributed by atoms with Gasteiger partial charge in [-0.15, -0.1) is 5.10 Å². The van der Waals surface area contributed by atoms with Crippen molar-refractivity contribution in [2.75, 3.05) is 17.5 Å². The number of anilines is 2. The highest BCUT2D eigenvalue weighted by molar-refractivity contribution is 5.69. The number of rotatable bonds is 1. The van der Waals surface area contributed by atoms with E-state index in [9.17, 15) is 0 Å². The standard InChI is InChI=1S/C8H9N3O/c9-7-3-1-2-4-8(7)11-6-12-5-10-11/h1-5H,6,9H2. The van der Waals surface area contributed by atoms with Crippen LogP contribution < -0.4 is 10.7 Å². The predicted molar refractivity (Wildman–Crippen MR) is 47.8 cm³/mol. The zero-order valence-corrected chi connectivity index (χ0v) is 6.47. The molecule has 2 N–H and O–H groups in total. The van der Waals surface area contributed by atoms with E-state index in [1.165, 1.54) is 6.40 Å². The average Bonchev–Trinajstić information content (AvgIpc) is 2.57. The average molecular weight is 163 g/mol. The molecule has 4 heteroatoms. The number of hydrogen-bond acceptors (Lipinski definition) is 4. The molecule has 0 spiro atoms. The molecule has 1 aromatic carbocycles. The van der Waals surface area contributed by atoms with Crippen molar-refractivity contribution in [3.63, 3.8) is 0 Å². The molecule has 0 aliphatic carbocycles. The molecule has 0 bridgehead atoms. The van der Waals surface area contributed by atoms with Gasteiger partial charge in [-0.2, -0.15) is 0 Å². The highest BCUT2D eigenvalue weighted by Crippen LogP contribution is 2.23. The summed E-state index contributed by atoms with van der Waals surface area (Å²) in [6, 6.07) is 7.55. The minimum Gasteiger partial charge on any atom is -0.459 e. The monoisotopic (exact) mass is 163 g/mol. The van der Waals surface area contributed by atoms with Crippen LogP contribution in [-0.2, 0) is 4.74 Å². The lowest BCUT2D eigenvalue weighted by Gasteiger charge is -2.13. The number of hydrogen-bond donors (Lipinski definition) is 1. The van der Waals surface area contributed by atoms with E-state index in [0.717, 1.165) is 5.69 Å². The number of nitrogen functional groups attached to an aromatic ring is 1. The Kier molecular flexibility index (Phi) is 1.59. The summed E-state index contributed by atoms with van der Waals surface area (Å²) < 4.78 is 4.95. The van der Waals surface area contributed by atoms with Gasteiger partial charge in [0, 0.05) is 0 Å². The Labute approximate surface area is 70.2 Å². The first-order valence-electron chi connectivity index (χ1n) is 3.64. The van der Waals surface area contributed by atoms with Gasteiger partial charge in [0.25, 0.3) is 0 Å². The maximum absolute atomic E-state index is 5.73. The number of hydrazone groups is 1. The first kappa shape index (κ1) is 6.97. The predicted octanol–water partition coefficient (Wildman–Crippen LogP) is 1.01. The minimum atomic E-state index is 0.439. The summed E-state index contributed by atoms with van der Waals surface area (Å²) in [5, 5.41) is 5.68. The Balaban J connectivity index is 2.33. The molecule has 0 saturated heterocycles. The lowest BCUT2D eigenvalue weighted by Crippen LogP contribution is -2.14. The third-order valence-electron chi connectivity index (χ3n) is 1.67. The number of ether oxygens (including phenoxy) is 1. The van der Waals surface area contributed by atoms with Gasteiger partial charge in [0.2, 0.25) is 0 Å². The van der Waals surface area contributed by atoms with Gasteiger partial charge in [0.1, 0.15) is 0 Å². The summed E-state index contributed by atoms with van der Waals surface area (Å²) in [4.78, 5) is 0. The highest BCUT2D eigenvalue weighted by Gasteiger charge is 2.10. The molecule has 0 radical (unpaired) electrons. The van der Waals surface area contributed by atoms with Crippen LogP contribution in [0.25, 0.3) is 0 Å². The third kappa shape index (κ3) is 1.07. The van der Waals surface area contributed by atoms with Gasteiger partial charge in [-0.25, -0.2) is 5.01 Å². The molecule has 0 fully saturated rings. The molecule has 0 unspecified atom stereocenters. The first-order chi connectivity index (χ1) is 5.88. The van der Waals surface area contributed by atoms with Crippen LogP contribution >= 0.6 is 0 Å². The van der Waals surface area contributed by atoms with Crippen LogP contribution in [0.5, 0.6) is 0 Å². The second-order valence-electron chi connectivity index (χ2n) is 2.47. The van der Waals surface area contributed by atoms with Crippen molar-refractivity contribution in [2.45, 2.75) is 0 Å². The Morgan fingerprint density at radius 3 is 2.92 bits per heavy atom. The molecule has 0 amide bonds. The van der Waals surface area contributed by atoms with Crippen LogP contribution in [0.3, 0.4) is 0 Å². The fourth-order valence-electron chi connectivity index (χ4n) is 1.08. The van der Waals surface area contributed by atoms with Crippen LogP contribution in [0.15, 0.2) is 29.4 Å². The summed E-state index contributed by atoms with van der Waals surface area (Å²) >= 11 is 0. The van der Waals surface area contributed by atoms with E-state index in [1.807, 2.05) is 24.3 Å². The van der Waals surface area contributed by atoms with E-state index in [0.29, 0.717) is 12.4 Å². The maximum atomic E-state index is 5.73. The van der Waals surface area contributed by atoms with Gasteiger partial charge in [-0.3, -0.25) is 0 Å². The van der Waals surface area contributed by atoms with Gasteiger partial charge in [-0.05, 0) is 12.1 Å². The van der Waals surface area contributed by atoms with Crippen molar-refractivity contribution in [3.05, 3.63) is 24.3 Å². The Morgan fingerprint density at radius 2 is 2.25 bits per heavy atom. The van der Waals surface area contributed by atoms with Crippen LogP contribution in [0, 0.1) is 0 Å². The molecule has 0 saturated carbocycles. The quantitative estimate of drug-likeness (QED) is 0.628.